The number of benzene rings is 2. The maximum atomic E-state index is 13.0. The molecule has 9 nitrogen and oxygen atoms in total. The number of rotatable bonds is 7. The normalized spacial score (nSPS) is 10.6. The number of pyridine rings is 1. The number of hydrogen-bond acceptors (Lipinski definition) is 8. The molecule has 4 rings (SSSR count). The minimum atomic E-state index is -0.390. The third-order valence-corrected chi connectivity index (χ3v) is 4.79. The second-order valence-corrected chi connectivity index (χ2v) is 6.63. The first-order chi connectivity index (χ1) is 15.6. The van der Waals surface area contributed by atoms with Gasteiger partial charge in [-0.15, -0.1) is 0 Å². The van der Waals surface area contributed by atoms with E-state index in [1.807, 2.05) is 0 Å². The average molecular weight is 435 g/mol. The van der Waals surface area contributed by atoms with Gasteiger partial charge in [0.2, 0.25) is 11.6 Å². The summed E-state index contributed by atoms with van der Waals surface area (Å²) in [6.07, 6.45) is 1.64. The number of amides is 1. The number of ether oxygens (including phenoxy) is 4. The van der Waals surface area contributed by atoms with E-state index in [9.17, 15) is 4.79 Å². The fourth-order valence-electron chi connectivity index (χ4n) is 3.24. The zero-order valence-electron chi connectivity index (χ0n) is 18.0. The Morgan fingerprint density at radius 1 is 0.906 bits per heavy atom. The van der Waals surface area contributed by atoms with E-state index in [1.54, 1.807) is 48.7 Å². The second kappa shape index (κ2) is 8.84. The van der Waals surface area contributed by atoms with Crippen molar-refractivity contribution in [3.8, 4) is 34.5 Å². The Kier molecular flexibility index (Phi) is 5.80. The highest BCUT2D eigenvalue weighted by Gasteiger charge is 2.19. The van der Waals surface area contributed by atoms with Crippen LogP contribution in [0.2, 0.25) is 0 Å². The number of anilines is 1. The molecule has 0 aliphatic heterocycles. The van der Waals surface area contributed by atoms with Crippen LogP contribution in [0.25, 0.3) is 22.7 Å². The first kappa shape index (κ1) is 21.0. The van der Waals surface area contributed by atoms with Gasteiger partial charge in [-0.3, -0.25) is 4.79 Å². The van der Waals surface area contributed by atoms with E-state index in [2.05, 4.69) is 15.3 Å². The standard InChI is InChI=1S/C23H21N3O6/c1-28-16-8-7-13(23-26-21-17(32-23)6-5-9-24-21)10-15(16)25-22(27)14-11-18(29-2)20(31-4)19(12-14)30-3/h5-12H,1-4H3,(H,25,27). The largest absolute Gasteiger partial charge is 0.495 e. The second-order valence-electron chi connectivity index (χ2n) is 6.63. The third kappa shape index (κ3) is 3.87. The minimum Gasteiger partial charge on any atom is -0.495 e. The van der Waals surface area contributed by atoms with E-state index < -0.39 is 0 Å². The van der Waals surface area contributed by atoms with Crippen molar-refractivity contribution in [3.05, 3.63) is 54.2 Å². The summed E-state index contributed by atoms with van der Waals surface area (Å²) < 4.78 is 27.2. The van der Waals surface area contributed by atoms with Crippen LogP contribution in [-0.4, -0.2) is 44.3 Å². The molecule has 2 aromatic carbocycles. The summed E-state index contributed by atoms with van der Waals surface area (Å²) in [6.45, 7) is 0. The first-order valence-corrected chi connectivity index (χ1v) is 9.59. The molecule has 32 heavy (non-hydrogen) atoms. The number of nitrogens with one attached hydrogen (secondary N) is 1. The van der Waals surface area contributed by atoms with Crippen LogP contribution in [0.4, 0.5) is 5.69 Å². The monoisotopic (exact) mass is 435 g/mol. The number of carbonyl (C=O) groups is 1. The van der Waals surface area contributed by atoms with Crippen LogP contribution in [0.1, 0.15) is 10.4 Å². The van der Waals surface area contributed by atoms with Crippen molar-refractivity contribution < 1.29 is 28.2 Å². The molecular formula is C23H21N3O6. The maximum Gasteiger partial charge on any atom is 0.256 e. The number of nitrogens with zero attached hydrogens (tertiary/aromatic N) is 2. The van der Waals surface area contributed by atoms with Crippen molar-refractivity contribution in [1.82, 2.24) is 9.97 Å². The van der Waals surface area contributed by atoms with Crippen LogP contribution >= 0.6 is 0 Å². The van der Waals surface area contributed by atoms with Gasteiger partial charge in [-0.25, -0.2) is 4.98 Å². The zero-order chi connectivity index (χ0) is 22.7. The Labute approximate surface area is 183 Å². The molecule has 0 radical (unpaired) electrons. The Bertz CT molecular complexity index is 1230. The van der Waals surface area contributed by atoms with Crippen molar-refractivity contribution in [2.75, 3.05) is 33.8 Å². The third-order valence-electron chi connectivity index (χ3n) is 4.79. The van der Waals surface area contributed by atoms with Gasteiger partial charge in [0.15, 0.2) is 22.7 Å². The quantitative estimate of drug-likeness (QED) is 0.461. The number of hydrogen-bond donors (Lipinski definition) is 1. The van der Waals surface area contributed by atoms with Crippen LogP contribution in [0.5, 0.6) is 23.0 Å². The van der Waals surface area contributed by atoms with Gasteiger partial charge in [0, 0.05) is 17.3 Å². The Balaban J connectivity index is 1.69. The maximum absolute atomic E-state index is 13.0. The lowest BCUT2D eigenvalue weighted by molar-refractivity contribution is 0.102. The smallest absolute Gasteiger partial charge is 0.256 e. The molecule has 9 heteroatoms. The summed E-state index contributed by atoms with van der Waals surface area (Å²) in [5.41, 5.74) is 2.49. The highest BCUT2D eigenvalue weighted by molar-refractivity contribution is 6.06. The first-order valence-electron chi connectivity index (χ1n) is 9.59. The van der Waals surface area contributed by atoms with Crippen LogP contribution in [-0.2, 0) is 0 Å². The molecule has 1 N–H and O–H groups in total. The van der Waals surface area contributed by atoms with E-state index in [0.29, 0.717) is 56.9 Å². The van der Waals surface area contributed by atoms with Gasteiger partial charge in [-0.2, -0.15) is 4.98 Å². The molecule has 0 atom stereocenters. The average Bonchev–Trinajstić information content (AvgIpc) is 3.27. The minimum absolute atomic E-state index is 0.318. The molecule has 0 aliphatic carbocycles. The molecule has 2 heterocycles. The summed E-state index contributed by atoms with van der Waals surface area (Å²) >= 11 is 0. The molecule has 0 fully saturated rings. The molecule has 0 unspecified atom stereocenters. The summed E-state index contributed by atoms with van der Waals surface area (Å²) in [6, 6.07) is 11.9. The molecule has 2 aromatic heterocycles. The van der Waals surface area contributed by atoms with Gasteiger partial charge in [-0.05, 0) is 42.5 Å². The van der Waals surface area contributed by atoms with Gasteiger partial charge < -0.3 is 28.7 Å². The molecular weight excluding hydrogens is 414 g/mol. The number of fused-ring (bicyclic) bond motifs is 1. The van der Waals surface area contributed by atoms with E-state index in [-0.39, 0.29) is 5.91 Å². The molecule has 164 valence electrons. The van der Waals surface area contributed by atoms with Gasteiger partial charge >= 0.3 is 0 Å². The van der Waals surface area contributed by atoms with Gasteiger partial charge in [-0.1, -0.05) is 0 Å². The van der Waals surface area contributed by atoms with E-state index in [4.69, 9.17) is 23.4 Å². The van der Waals surface area contributed by atoms with Gasteiger partial charge in [0.25, 0.3) is 5.91 Å². The van der Waals surface area contributed by atoms with Crippen molar-refractivity contribution in [3.63, 3.8) is 0 Å². The van der Waals surface area contributed by atoms with E-state index in [1.165, 1.54) is 28.4 Å². The van der Waals surface area contributed by atoms with Crippen molar-refractivity contribution >= 4 is 22.8 Å². The molecule has 0 aliphatic rings. The number of oxazole rings is 1. The van der Waals surface area contributed by atoms with Crippen LogP contribution in [0.3, 0.4) is 0 Å². The predicted octanol–water partition coefficient (Wildman–Crippen LogP) is 4.18. The summed E-state index contributed by atoms with van der Waals surface area (Å²) in [7, 11) is 5.99. The highest BCUT2D eigenvalue weighted by Crippen LogP contribution is 2.39. The molecule has 0 saturated carbocycles. The molecule has 0 spiro atoms. The topological polar surface area (TPSA) is 105 Å². The lowest BCUT2D eigenvalue weighted by atomic mass is 10.1. The van der Waals surface area contributed by atoms with Crippen molar-refractivity contribution in [2.45, 2.75) is 0 Å². The van der Waals surface area contributed by atoms with Crippen molar-refractivity contribution in [1.29, 1.82) is 0 Å². The molecule has 1 amide bonds. The van der Waals surface area contributed by atoms with Crippen molar-refractivity contribution in [2.24, 2.45) is 0 Å². The Hall–Kier alpha value is -4.27. The van der Waals surface area contributed by atoms with Gasteiger partial charge in [0.1, 0.15) is 5.75 Å². The number of aromatic nitrogens is 2. The lowest BCUT2D eigenvalue weighted by Crippen LogP contribution is -2.13. The van der Waals surface area contributed by atoms with Gasteiger partial charge in [0.05, 0.1) is 34.1 Å². The Morgan fingerprint density at radius 2 is 1.62 bits per heavy atom. The zero-order valence-corrected chi connectivity index (χ0v) is 18.0. The predicted molar refractivity (Wildman–Crippen MR) is 118 cm³/mol. The van der Waals surface area contributed by atoms with Crippen LogP contribution in [0, 0.1) is 0 Å². The fraction of sp³-hybridized carbons (Fsp3) is 0.174. The highest BCUT2D eigenvalue weighted by atomic mass is 16.5. The SMILES string of the molecule is COc1ccc(-c2nc3ncccc3o2)cc1NC(=O)c1cc(OC)c(OC)c(OC)c1. The number of carbonyl (C=O) groups excluding carboxylic acids is 1. The number of methoxy groups -OCH3 is 4. The molecule has 4 aromatic rings. The lowest BCUT2D eigenvalue weighted by Gasteiger charge is -2.15. The fourth-order valence-corrected chi connectivity index (χ4v) is 3.24. The summed E-state index contributed by atoms with van der Waals surface area (Å²) in [5, 5.41) is 2.86. The van der Waals surface area contributed by atoms with Crippen LogP contribution in [0.15, 0.2) is 53.1 Å². The van der Waals surface area contributed by atoms with Crippen LogP contribution < -0.4 is 24.3 Å². The molecule has 0 bridgehead atoms. The van der Waals surface area contributed by atoms with E-state index in [0.717, 1.165) is 0 Å². The summed E-state index contributed by atoms with van der Waals surface area (Å²) in [4.78, 5) is 21.6. The van der Waals surface area contributed by atoms with E-state index >= 15 is 0 Å². The molecule has 0 saturated heterocycles. The summed E-state index contributed by atoms with van der Waals surface area (Å²) in [5.74, 6) is 1.61. The Morgan fingerprint density at radius 3 is 2.25 bits per heavy atom.